The predicted octanol–water partition coefficient (Wildman–Crippen LogP) is 3.59. The van der Waals surface area contributed by atoms with Crippen LogP contribution in [0.15, 0.2) is 75.7 Å². The molecule has 1 aliphatic heterocycles. The van der Waals surface area contributed by atoms with Crippen LogP contribution in [0.1, 0.15) is 44.4 Å². The maximum absolute atomic E-state index is 13.7. The molecule has 0 unspecified atom stereocenters. The molecule has 0 bridgehead atoms. The first-order valence-electron chi connectivity index (χ1n) is 10.9. The largest absolute Gasteiger partial charge is 0.490 e. The molecule has 0 amide bonds. The number of ether oxygens (including phenoxy) is 2. The summed E-state index contributed by atoms with van der Waals surface area (Å²) in [7, 11) is 1.35. The lowest BCUT2D eigenvalue weighted by atomic mass is 9.95. The van der Waals surface area contributed by atoms with Gasteiger partial charge in [0.25, 0.3) is 5.56 Å². The lowest BCUT2D eigenvalue weighted by Crippen LogP contribution is -2.40. The second kappa shape index (κ2) is 9.58. The summed E-state index contributed by atoms with van der Waals surface area (Å²) in [5, 5.41) is 0. The summed E-state index contributed by atoms with van der Waals surface area (Å²) in [5.41, 5.74) is 2.47. The van der Waals surface area contributed by atoms with Gasteiger partial charge in [0.1, 0.15) is 5.75 Å². The van der Waals surface area contributed by atoms with E-state index in [0.29, 0.717) is 32.8 Å². The molecular formula is C26H26N2O4S. The Bertz CT molecular complexity index is 1380. The Labute approximate surface area is 196 Å². The molecule has 2 aromatic carbocycles. The Morgan fingerprint density at radius 3 is 2.52 bits per heavy atom. The van der Waals surface area contributed by atoms with Crippen LogP contribution in [0.4, 0.5) is 0 Å². The highest BCUT2D eigenvalue weighted by atomic mass is 32.1. The molecule has 170 valence electrons. The number of esters is 1. The zero-order valence-corrected chi connectivity index (χ0v) is 19.9. The van der Waals surface area contributed by atoms with Crippen LogP contribution in [-0.4, -0.2) is 23.8 Å². The fourth-order valence-corrected chi connectivity index (χ4v) is 4.93. The number of rotatable bonds is 6. The van der Waals surface area contributed by atoms with E-state index in [1.54, 1.807) is 4.57 Å². The number of allylic oxidation sites excluding steroid dienone is 1. The van der Waals surface area contributed by atoms with Crippen LogP contribution >= 0.6 is 11.3 Å². The average Bonchev–Trinajstić information content (AvgIpc) is 3.13. The normalized spacial score (nSPS) is 15.9. The zero-order valence-electron chi connectivity index (χ0n) is 19.1. The summed E-state index contributed by atoms with van der Waals surface area (Å²) in [5.74, 6) is 0.233. The quantitative estimate of drug-likeness (QED) is 0.525. The minimum Gasteiger partial charge on any atom is -0.490 e. The number of para-hydroxylation sites is 1. The number of benzene rings is 2. The van der Waals surface area contributed by atoms with Crippen molar-refractivity contribution >= 4 is 23.4 Å². The first-order valence-corrected chi connectivity index (χ1v) is 11.7. The molecule has 3 aromatic rings. The molecule has 4 rings (SSSR count). The van der Waals surface area contributed by atoms with Gasteiger partial charge in [0.05, 0.1) is 35.1 Å². The van der Waals surface area contributed by atoms with Crippen molar-refractivity contribution < 1.29 is 14.3 Å². The molecule has 1 atom stereocenters. The van der Waals surface area contributed by atoms with Crippen molar-refractivity contribution in [2.75, 3.05) is 7.11 Å². The van der Waals surface area contributed by atoms with Crippen LogP contribution in [0, 0.1) is 0 Å². The first kappa shape index (κ1) is 22.7. The summed E-state index contributed by atoms with van der Waals surface area (Å²) >= 11 is 1.31. The molecule has 33 heavy (non-hydrogen) atoms. The average molecular weight is 463 g/mol. The van der Waals surface area contributed by atoms with E-state index in [-0.39, 0.29) is 11.7 Å². The van der Waals surface area contributed by atoms with Crippen LogP contribution < -0.4 is 19.6 Å². The van der Waals surface area contributed by atoms with Gasteiger partial charge in [0.2, 0.25) is 0 Å². The topological polar surface area (TPSA) is 69.9 Å². The van der Waals surface area contributed by atoms with Crippen LogP contribution in [0.25, 0.3) is 6.08 Å². The van der Waals surface area contributed by atoms with E-state index in [2.05, 4.69) is 0 Å². The van der Waals surface area contributed by atoms with Gasteiger partial charge in [-0.1, -0.05) is 66.8 Å². The maximum Gasteiger partial charge on any atom is 0.338 e. The SMILES string of the molecule is CCC1=C(C(=O)OC)[C@H](c2ccccc2)n2c(s/c(=C/c3ccccc3OC(C)C)c2=O)=N1. The highest BCUT2D eigenvalue weighted by Crippen LogP contribution is 2.31. The minimum atomic E-state index is -0.603. The molecule has 0 saturated carbocycles. The van der Waals surface area contributed by atoms with Gasteiger partial charge in [-0.25, -0.2) is 9.79 Å². The highest BCUT2D eigenvalue weighted by molar-refractivity contribution is 7.07. The number of nitrogens with zero attached hydrogens (tertiary/aromatic N) is 2. The Balaban J connectivity index is 1.97. The molecule has 6 nitrogen and oxygen atoms in total. The second-order valence-corrected chi connectivity index (χ2v) is 8.91. The van der Waals surface area contributed by atoms with E-state index in [1.807, 2.05) is 81.4 Å². The van der Waals surface area contributed by atoms with Crippen LogP contribution in [0.2, 0.25) is 0 Å². The van der Waals surface area contributed by atoms with Crippen LogP contribution in [0.5, 0.6) is 5.75 Å². The summed E-state index contributed by atoms with van der Waals surface area (Å²) in [6.45, 7) is 5.87. The number of methoxy groups -OCH3 is 1. The molecule has 0 spiro atoms. The van der Waals surface area contributed by atoms with Gasteiger partial charge in [0.15, 0.2) is 4.80 Å². The highest BCUT2D eigenvalue weighted by Gasteiger charge is 2.33. The van der Waals surface area contributed by atoms with E-state index < -0.39 is 12.0 Å². The van der Waals surface area contributed by atoms with Gasteiger partial charge in [-0.3, -0.25) is 9.36 Å². The van der Waals surface area contributed by atoms with Crippen molar-refractivity contribution in [3.63, 3.8) is 0 Å². The molecule has 0 N–H and O–H groups in total. The monoisotopic (exact) mass is 462 g/mol. The number of fused-ring (bicyclic) bond motifs is 1. The third kappa shape index (κ3) is 4.41. The standard InChI is InChI=1S/C26H26N2O4S/c1-5-19-22(25(30)31-4)23(17-11-7-6-8-12-17)28-24(29)21(33-26(28)27-19)15-18-13-9-10-14-20(18)32-16(2)3/h6-16,23H,5H2,1-4H3/b21-15+/t23-/m0/s1. The minimum absolute atomic E-state index is 0.00794. The molecule has 2 heterocycles. The fraction of sp³-hybridized carbons (Fsp3) is 0.269. The van der Waals surface area contributed by atoms with Gasteiger partial charge in [0, 0.05) is 5.56 Å². The third-order valence-corrected chi connectivity index (χ3v) is 6.32. The van der Waals surface area contributed by atoms with Gasteiger partial charge < -0.3 is 9.47 Å². The molecule has 0 aliphatic carbocycles. The molecular weight excluding hydrogens is 436 g/mol. The number of carbonyl (C=O) groups is 1. The summed E-state index contributed by atoms with van der Waals surface area (Å²) in [4.78, 5) is 31.7. The summed E-state index contributed by atoms with van der Waals surface area (Å²) < 4.78 is 13.1. The maximum atomic E-state index is 13.7. The molecule has 0 fully saturated rings. The van der Waals surface area contributed by atoms with E-state index in [0.717, 1.165) is 11.1 Å². The number of aromatic nitrogens is 1. The Hall–Kier alpha value is -3.45. The second-order valence-electron chi connectivity index (χ2n) is 7.90. The fourth-order valence-electron chi connectivity index (χ4n) is 3.92. The smallest absolute Gasteiger partial charge is 0.338 e. The van der Waals surface area contributed by atoms with Gasteiger partial charge in [-0.15, -0.1) is 0 Å². The number of hydrogen-bond acceptors (Lipinski definition) is 6. The summed E-state index contributed by atoms with van der Waals surface area (Å²) in [6.07, 6.45) is 2.38. The van der Waals surface area contributed by atoms with Crippen molar-refractivity contribution in [1.82, 2.24) is 4.57 Å². The Kier molecular flexibility index (Phi) is 6.60. The molecule has 1 aromatic heterocycles. The number of thiazole rings is 1. The van der Waals surface area contributed by atoms with E-state index in [9.17, 15) is 9.59 Å². The van der Waals surface area contributed by atoms with Crippen molar-refractivity contribution in [1.29, 1.82) is 0 Å². The van der Waals surface area contributed by atoms with Crippen molar-refractivity contribution in [3.05, 3.63) is 96.7 Å². The Morgan fingerprint density at radius 1 is 1.15 bits per heavy atom. The van der Waals surface area contributed by atoms with Crippen molar-refractivity contribution in [3.8, 4) is 5.75 Å². The van der Waals surface area contributed by atoms with E-state index >= 15 is 0 Å². The molecule has 1 aliphatic rings. The Morgan fingerprint density at radius 2 is 1.85 bits per heavy atom. The van der Waals surface area contributed by atoms with Gasteiger partial charge in [-0.05, 0) is 38.0 Å². The first-order chi connectivity index (χ1) is 15.9. The summed E-state index contributed by atoms with van der Waals surface area (Å²) in [6, 6.07) is 16.5. The predicted molar refractivity (Wildman–Crippen MR) is 129 cm³/mol. The van der Waals surface area contributed by atoms with Crippen molar-refractivity contribution in [2.45, 2.75) is 39.3 Å². The lowest BCUT2D eigenvalue weighted by molar-refractivity contribution is -0.136. The van der Waals surface area contributed by atoms with Crippen molar-refractivity contribution in [2.24, 2.45) is 4.99 Å². The van der Waals surface area contributed by atoms with Gasteiger partial charge in [-0.2, -0.15) is 0 Å². The van der Waals surface area contributed by atoms with Gasteiger partial charge >= 0.3 is 5.97 Å². The molecule has 0 radical (unpaired) electrons. The van der Waals surface area contributed by atoms with E-state index in [4.69, 9.17) is 14.5 Å². The number of hydrogen-bond donors (Lipinski definition) is 0. The molecule has 0 saturated heterocycles. The lowest BCUT2D eigenvalue weighted by Gasteiger charge is -2.25. The number of carbonyl (C=O) groups excluding carboxylic acids is 1. The third-order valence-electron chi connectivity index (χ3n) is 5.33. The van der Waals surface area contributed by atoms with E-state index in [1.165, 1.54) is 18.4 Å². The zero-order chi connectivity index (χ0) is 23.5. The van der Waals surface area contributed by atoms with Crippen LogP contribution in [0.3, 0.4) is 0 Å². The molecule has 7 heteroatoms. The van der Waals surface area contributed by atoms with Crippen LogP contribution in [-0.2, 0) is 9.53 Å².